The number of nitrogens with zero attached hydrogens (tertiary/aromatic N) is 4. The Kier molecular flexibility index (Phi) is 2.43. The minimum atomic E-state index is 0.493. The topological polar surface area (TPSA) is 63.2 Å². The highest BCUT2D eigenvalue weighted by Crippen LogP contribution is 1.98. The molecular formula is C7H8N4O. The average Bonchev–Trinajstić information content (AvgIpc) is 2.43. The molecule has 0 aliphatic heterocycles. The minimum absolute atomic E-state index is 0.493. The van der Waals surface area contributed by atoms with Gasteiger partial charge >= 0.3 is 0 Å². The number of rotatable bonds is 2. The molecule has 0 fully saturated rings. The first-order valence-electron chi connectivity index (χ1n) is 3.28. The summed E-state index contributed by atoms with van der Waals surface area (Å²) in [6.45, 7) is 0. The number of aromatic nitrogens is 2. The third kappa shape index (κ3) is 1.42. The molecule has 0 aromatic carbocycles. The van der Waals surface area contributed by atoms with E-state index in [0.717, 1.165) is 0 Å². The van der Waals surface area contributed by atoms with Gasteiger partial charge in [-0.25, -0.2) is 4.98 Å². The van der Waals surface area contributed by atoms with E-state index in [0.29, 0.717) is 11.5 Å². The molecule has 5 heteroatoms. The summed E-state index contributed by atoms with van der Waals surface area (Å²) in [5.74, 6) is 0.591. The average molecular weight is 164 g/mol. The second-order valence-corrected chi connectivity index (χ2v) is 2.09. The maximum absolute atomic E-state index is 8.57. The Labute approximate surface area is 69.9 Å². The molecular weight excluding hydrogens is 156 g/mol. The van der Waals surface area contributed by atoms with Gasteiger partial charge in [-0.1, -0.05) is 5.16 Å². The molecule has 0 aliphatic carbocycles. The molecule has 0 saturated carbocycles. The molecule has 1 aromatic rings. The van der Waals surface area contributed by atoms with Gasteiger partial charge < -0.3 is 9.40 Å². The Balaban J connectivity index is 2.96. The highest BCUT2D eigenvalue weighted by atomic mass is 16.6. The van der Waals surface area contributed by atoms with Gasteiger partial charge in [0, 0.05) is 7.05 Å². The lowest BCUT2D eigenvalue weighted by molar-refractivity contribution is 0.215. The van der Waals surface area contributed by atoms with Crippen LogP contribution < -0.4 is 0 Å². The first-order valence-corrected chi connectivity index (χ1v) is 3.28. The van der Waals surface area contributed by atoms with E-state index < -0.39 is 0 Å². The maximum atomic E-state index is 8.57. The van der Waals surface area contributed by atoms with Crippen molar-refractivity contribution in [2.24, 2.45) is 12.2 Å². The first-order chi connectivity index (χ1) is 5.79. The number of hydrogen-bond acceptors (Lipinski definition) is 4. The van der Waals surface area contributed by atoms with Crippen LogP contribution in [0.1, 0.15) is 11.5 Å². The van der Waals surface area contributed by atoms with Crippen LogP contribution in [0.25, 0.3) is 0 Å². The van der Waals surface area contributed by atoms with Crippen molar-refractivity contribution in [3.05, 3.63) is 17.7 Å². The molecule has 5 nitrogen and oxygen atoms in total. The van der Waals surface area contributed by atoms with Crippen molar-refractivity contribution in [3.63, 3.8) is 0 Å². The molecule has 0 radical (unpaired) electrons. The molecule has 0 unspecified atom stereocenters. The van der Waals surface area contributed by atoms with Gasteiger partial charge in [0.2, 0.25) is 0 Å². The number of hydrogen-bond donors (Lipinski definition) is 0. The summed E-state index contributed by atoms with van der Waals surface area (Å²) in [5.41, 5.74) is 0.493. The van der Waals surface area contributed by atoms with E-state index in [-0.39, 0.29) is 0 Å². The van der Waals surface area contributed by atoms with Gasteiger partial charge in [0.1, 0.15) is 25.1 Å². The number of oxime groups is 1. The first kappa shape index (κ1) is 8.27. The summed E-state index contributed by atoms with van der Waals surface area (Å²) >= 11 is 0. The Bertz CT molecular complexity index is 334. The van der Waals surface area contributed by atoms with Crippen LogP contribution >= 0.6 is 0 Å². The van der Waals surface area contributed by atoms with Crippen molar-refractivity contribution < 1.29 is 4.84 Å². The Morgan fingerprint density at radius 2 is 2.58 bits per heavy atom. The zero-order valence-electron chi connectivity index (χ0n) is 6.85. The standard InChI is InChI=1S/C7H8N4O/c1-11-6(3-8)4-9-7(11)5-10-12-2/h4-5H,1-2H3. The fourth-order valence-corrected chi connectivity index (χ4v) is 0.748. The Morgan fingerprint density at radius 1 is 1.83 bits per heavy atom. The monoisotopic (exact) mass is 164 g/mol. The van der Waals surface area contributed by atoms with Crippen molar-refractivity contribution >= 4 is 6.21 Å². The second kappa shape index (κ2) is 3.53. The van der Waals surface area contributed by atoms with E-state index in [4.69, 9.17) is 5.26 Å². The smallest absolute Gasteiger partial charge is 0.155 e. The zero-order chi connectivity index (χ0) is 8.97. The van der Waals surface area contributed by atoms with E-state index in [2.05, 4.69) is 15.0 Å². The summed E-state index contributed by atoms with van der Waals surface area (Å²) < 4.78 is 1.63. The van der Waals surface area contributed by atoms with E-state index in [1.165, 1.54) is 19.5 Å². The van der Waals surface area contributed by atoms with Crippen molar-refractivity contribution in [2.45, 2.75) is 0 Å². The molecule has 0 spiro atoms. The summed E-state index contributed by atoms with van der Waals surface area (Å²) in [7, 11) is 3.19. The predicted octanol–water partition coefficient (Wildman–Crippen LogP) is 0.272. The lowest BCUT2D eigenvalue weighted by atomic mass is 10.5. The quantitative estimate of drug-likeness (QED) is 0.465. The molecule has 0 bridgehead atoms. The minimum Gasteiger partial charge on any atom is -0.399 e. The zero-order valence-corrected chi connectivity index (χ0v) is 6.85. The molecule has 0 atom stereocenters. The third-order valence-corrected chi connectivity index (χ3v) is 1.41. The van der Waals surface area contributed by atoms with Crippen molar-refractivity contribution in [2.75, 3.05) is 7.11 Å². The van der Waals surface area contributed by atoms with Crippen LogP contribution in [0.2, 0.25) is 0 Å². The second-order valence-electron chi connectivity index (χ2n) is 2.09. The van der Waals surface area contributed by atoms with Gasteiger partial charge in [-0.3, -0.25) is 0 Å². The largest absolute Gasteiger partial charge is 0.399 e. The lowest BCUT2D eigenvalue weighted by Crippen LogP contribution is -1.98. The van der Waals surface area contributed by atoms with Crippen LogP contribution in [0, 0.1) is 11.3 Å². The van der Waals surface area contributed by atoms with E-state index >= 15 is 0 Å². The maximum Gasteiger partial charge on any atom is 0.155 e. The van der Waals surface area contributed by atoms with Gasteiger partial charge in [0.25, 0.3) is 0 Å². The molecule has 0 aliphatic rings. The molecule has 1 aromatic heterocycles. The Morgan fingerprint density at radius 3 is 3.08 bits per heavy atom. The van der Waals surface area contributed by atoms with Gasteiger partial charge in [-0.15, -0.1) is 0 Å². The van der Waals surface area contributed by atoms with Crippen LogP contribution in [0.15, 0.2) is 11.4 Å². The predicted molar refractivity (Wildman–Crippen MR) is 42.5 cm³/mol. The molecule has 0 saturated heterocycles. The highest BCUT2D eigenvalue weighted by molar-refractivity contribution is 5.74. The number of imidazole rings is 1. The Hall–Kier alpha value is -1.83. The lowest BCUT2D eigenvalue weighted by Gasteiger charge is -1.93. The molecule has 62 valence electrons. The van der Waals surface area contributed by atoms with Crippen LogP contribution in [-0.2, 0) is 11.9 Å². The van der Waals surface area contributed by atoms with Crippen molar-refractivity contribution in [3.8, 4) is 6.07 Å². The fraction of sp³-hybridized carbons (Fsp3) is 0.286. The van der Waals surface area contributed by atoms with Gasteiger partial charge in [0.15, 0.2) is 5.82 Å². The summed E-state index contributed by atoms with van der Waals surface area (Å²) in [5, 5.41) is 12.1. The van der Waals surface area contributed by atoms with Gasteiger partial charge in [0.05, 0.1) is 6.20 Å². The van der Waals surface area contributed by atoms with Gasteiger partial charge in [-0.05, 0) is 0 Å². The summed E-state index contributed by atoms with van der Waals surface area (Å²) in [4.78, 5) is 8.41. The van der Waals surface area contributed by atoms with Crippen LogP contribution in [0.5, 0.6) is 0 Å². The molecule has 1 heterocycles. The molecule has 1 rings (SSSR count). The van der Waals surface area contributed by atoms with Crippen molar-refractivity contribution in [1.29, 1.82) is 5.26 Å². The summed E-state index contributed by atoms with van der Waals surface area (Å²) in [6.07, 6.45) is 2.93. The van der Waals surface area contributed by atoms with Crippen LogP contribution in [-0.4, -0.2) is 22.9 Å². The van der Waals surface area contributed by atoms with Crippen LogP contribution in [0.4, 0.5) is 0 Å². The van der Waals surface area contributed by atoms with E-state index in [1.807, 2.05) is 6.07 Å². The molecule has 12 heavy (non-hydrogen) atoms. The van der Waals surface area contributed by atoms with Crippen LogP contribution in [0.3, 0.4) is 0 Å². The fourth-order valence-electron chi connectivity index (χ4n) is 0.748. The van der Waals surface area contributed by atoms with E-state index in [9.17, 15) is 0 Å². The summed E-state index contributed by atoms with van der Waals surface area (Å²) in [6, 6.07) is 1.99. The highest BCUT2D eigenvalue weighted by Gasteiger charge is 2.01. The number of nitriles is 1. The van der Waals surface area contributed by atoms with Gasteiger partial charge in [-0.2, -0.15) is 5.26 Å². The molecule has 0 amide bonds. The van der Waals surface area contributed by atoms with Crippen molar-refractivity contribution in [1.82, 2.24) is 9.55 Å². The van der Waals surface area contributed by atoms with E-state index in [1.54, 1.807) is 11.6 Å². The normalized spacial score (nSPS) is 10.1. The third-order valence-electron chi connectivity index (χ3n) is 1.41. The molecule has 0 N–H and O–H groups in total. The SMILES string of the molecule is CON=Cc1ncc(C#N)n1C.